The fourth-order valence-corrected chi connectivity index (χ4v) is 5.61. The largest absolute Gasteiger partial charge is 0.444 e. The Morgan fingerprint density at radius 2 is 2.10 bits per heavy atom. The first-order valence-corrected chi connectivity index (χ1v) is 8.58. The van der Waals surface area contributed by atoms with Crippen molar-refractivity contribution in [3.05, 3.63) is 0 Å². The maximum Gasteiger partial charge on any atom is 0.410 e. The first kappa shape index (κ1) is 15.6. The molecule has 0 aromatic rings. The zero-order valence-electron chi connectivity index (χ0n) is 12.3. The lowest BCUT2D eigenvalue weighted by Crippen LogP contribution is -2.46. The SMILES string of the molecule is CC(C)(C)OC(=O)N1CCC2(C1)C(CO)CCS2(=O)=O. The lowest BCUT2D eigenvalue weighted by atomic mass is 9.89. The maximum atomic E-state index is 12.3. The van der Waals surface area contributed by atoms with Gasteiger partial charge in [-0.05, 0) is 33.6 Å². The van der Waals surface area contributed by atoms with E-state index in [0.717, 1.165) is 0 Å². The predicted octanol–water partition coefficient (Wildman–Crippen LogP) is 0.793. The van der Waals surface area contributed by atoms with Crippen LogP contribution < -0.4 is 0 Å². The zero-order valence-corrected chi connectivity index (χ0v) is 13.1. The highest BCUT2D eigenvalue weighted by molar-refractivity contribution is 7.93. The zero-order chi connectivity index (χ0) is 15.2. The summed E-state index contributed by atoms with van der Waals surface area (Å²) in [6.07, 6.45) is 0.383. The van der Waals surface area contributed by atoms with Gasteiger partial charge in [0.05, 0.1) is 10.5 Å². The molecule has 20 heavy (non-hydrogen) atoms. The van der Waals surface area contributed by atoms with E-state index in [0.29, 0.717) is 19.4 Å². The van der Waals surface area contributed by atoms with Crippen molar-refractivity contribution in [1.82, 2.24) is 4.90 Å². The molecule has 6 nitrogen and oxygen atoms in total. The Morgan fingerprint density at radius 3 is 2.65 bits per heavy atom. The van der Waals surface area contributed by atoms with Crippen molar-refractivity contribution in [2.45, 2.75) is 44.0 Å². The van der Waals surface area contributed by atoms with Gasteiger partial charge in [0, 0.05) is 25.6 Å². The summed E-state index contributed by atoms with van der Waals surface area (Å²) in [5.74, 6) is -0.180. The van der Waals surface area contributed by atoms with E-state index in [2.05, 4.69) is 0 Å². The van der Waals surface area contributed by atoms with Crippen LogP contribution in [0.4, 0.5) is 4.79 Å². The molecule has 2 saturated heterocycles. The average Bonchev–Trinajstić information content (AvgIpc) is 2.83. The number of ether oxygens (including phenoxy) is 1. The summed E-state index contributed by atoms with van der Waals surface area (Å²) >= 11 is 0. The number of amides is 1. The molecule has 0 aromatic heterocycles. The molecule has 1 amide bonds. The number of nitrogens with zero attached hydrogens (tertiary/aromatic N) is 1. The van der Waals surface area contributed by atoms with Crippen molar-refractivity contribution >= 4 is 15.9 Å². The number of carbonyl (C=O) groups excluding carboxylic acids is 1. The predicted molar refractivity (Wildman–Crippen MR) is 74.1 cm³/mol. The summed E-state index contributed by atoms with van der Waals surface area (Å²) in [5.41, 5.74) is -0.599. The van der Waals surface area contributed by atoms with E-state index in [9.17, 15) is 18.3 Å². The molecule has 7 heteroatoms. The second kappa shape index (κ2) is 4.87. The molecule has 0 bridgehead atoms. The highest BCUT2D eigenvalue weighted by Crippen LogP contribution is 2.44. The number of hydrogen-bond donors (Lipinski definition) is 1. The quantitative estimate of drug-likeness (QED) is 0.774. The van der Waals surface area contributed by atoms with Gasteiger partial charge in [0.15, 0.2) is 9.84 Å². The third-order valence-electron chi connectivity index (χ3n) is 4.23. The molecule has 2 atom stereocenters. The van der Waals surface area contributed by atoms with Crippen LogP contribution in [0.15, 0.2) is 0 Å². The van der Waals surface area contributed by atoms with Gasteiger partial charge in [0.25, 0.3) is 0 Å². The molecule has 116 valence electrons. The average molecular weight is 305 g/mol. The summed E-state index contributed by atoms with van der Waals surface area (Å²) in [6, 6.07) is 0. The molecule has 2 rings (SSSR count). The van der Waals surface area contributed by atoms with Crippen LogP contribution in [0.3, 0.4) is 0 Å². The highest BCUT2D eigenvalue weighted by Gasteiger charge is 2.58. The topological polar surface area (TPSA) is 83.9 Å². The molecule has 2 aliphatic heterocycles. The van der Waals surface area contributed by atoms with Gasteiger partial charge in [0.2, 0.25) is 0 Å². The van der Waals surface area contributed by atoms with Crippen LogP contribution >= 0.6 is 0 Å². The Kier molecular flexibility index (Phi) is 3.79. The number of likely N-dealkylation sites (tertiary alicyclic amines) is 1. The normalized spacial score (nSPS) is 32.8. The van der Waals surface area contributed by atoms with Crippen LogP contribution in [0.5, 0.6) is 0 Å². The van der Waals surface area contributed by atoms with E-state index in [1.165, 1.54) is 4.90 Å². The fourth-order valence-electron chi connectivity index (χ4n) is 3.15. The van der Waals surface area contributed by atoms with Crippen molar-refractivity contribution in [2.24, 2.45) is 5.92 Å². The number of aliphatic hydroxyl groups is 1. The minimum atomic E-state index is -3.27. The van der Waals surface area contributed by atoms with E-state index in [4.69, 9.17) is 4.74 Å². The van der Waals surface area contributed by atoms with Gasteiger partial charge in [-0.3, -0.25) is 0 Å². The summed E-state index contributed by atoms with van der Waals surface area (Å²) in [6.45, 7) is 5.68. The molecule has 2 unspecified atom stereocenters. The molecule has 1 spiro atoms. The number of carbonyl (C=O) groups is 1. The first-order chi connectivity index (χ1) is 9.11. The standard InChI is InChI=1S/C13H23NO5S/c1-12(2,3)19-11(16)14-6-5-13(9-14)10(8-15)4-7-20(13,17)18/h10,15H,4-9H2,1-3H3. The van der Waals surface area contributed by atoms with Crippen LogP contribution in [-0.2, 0) is 14.6 Å². The van der Waals surface area contributed by atoms with Gasteiger partial charge in [-0.1, -0.05) is 0 Å². The van der Waals surface area contributed by atoms with Gasteiger partial charge in [-0.2, -0.15) is 0 Å². The minimum absolute atomic E-state index is 0.0976. The molecular formula is C13H23NO5S. The van der Waals surface area contributed by atoms with E-state index < -0.39 is 26.3 Å². The van der Waals surface area contributed by atoms with Crippen LogP contribution in [0.1, 0.15) is 33.6 Å². The van der Waals surface area contributed by atoms with E-state index in [1.54, 1.807) is 20.8 Å². The second-order valence-corrected chi connectivity index (χ2v) is 9.15. The maximum absolute atomic E-state index is 12.3. The smallest absolute Gasteiger partial charge is 0.410 e. The van der Waals surface area contributed by atoms with Gasteiger partial charge in [0.1, 0.15) is 5.60 Å². The summed E-state index contributed by atoms with van der Waals surface area (Å²) < 4.78 is 29.0. The first-order valence-electron chi connectivity index (χ1n) is 6.92. The monoisotopic (exact) mass is 305 g/mol. The van der Waals surface area contributed by atoms with Gasteiger partial charge in [-0.15, -0.1) is 0 Å². The highest BCUT2D eigenvalue weighted by atomic mass is 32.2. The summed E-state index contributed by atoms with van der Waals surface area (Å²) in [4.78, 5) is 13.5. The van der Waals surface area contributed by atoms with Gasteiger partial charge < -0.3 is 14.7 Å². The third-order valence-corrected chi connectivity index (χ3v) is 6.91. The van der Waals surface area contributed by atoms with Crippen molar-refractivity contribution in [1.29, 1.82) is 0 Å². The fraction of sp³-hybridized carbons (Fsp3) is 0.923. The molecule has 2 aliphatic rings. The van der Waals surface area contributed by atoms with Crippen molar-refractivity contribution < 1.29 is 23.1 Å². The molecule has 0 saturated carbocycles. The van der Waals surface area contributed by atoms with Crippen LogP contribution in [0.2, 0.25) is 0 Å². The van der Waals surface area contributed by atoms with Gasteiger partial charge in [-0.25, -0.2) is 13.2 Å². The van der Waals surface area contributed by atoms with Crippen LogP contribution in [0.25, 0.3) is 0 Å². The summed E-state index contributed by atoms with van der Waals surface area (Å²) in [5, 5.41) is 9.44. The molecular weight excluding hydrogens is 282 g/mol. The Bertz CT molecular complexity index is 495. The molecule has 0 aromatic carbocycles. The Balaban J connectivity index is 2.17. The number of hydrogen-bond acceptors (Lipinski definition) is 5. The van der Waals surface area contributed by atoms with Crippen molar-refractivity contribution in [2.75, 3.05) is 25.4 Å². The van der Waals surface area contributed by atoms with Crippen LogP contribution in [-0.4, -0.2) is 60.3 Å². The summed E-state index contributed by atoms with van der Waals surface area (Å²) in [7, 11) is -3.27. The van der Waals surface area contributed by atoms with Crippen LogP contribution in [0, 0.1) is 5.92 Å². The Morgan fingerprint density at radius 1 is 1.45 bits per heavy atom. The van der Waals surface area contributed by atoms with E-state index in [-0.39, 0.29) is 24.8 Å². The number of sulfone groups is 1. The second-order valence-electron chi connectivity index (χ2n) is 6.70. The Labute approximate surface area is 120 Å². The van der Waals surface area contributed by atoms with E-state index in [1.807, 2.05) is 0 Å². The third kappa shape index (κ3) is 2.53. The number of aliphatic hydroxyl groups excluding tert-OH is 1. The van der Waals surface area contributed by atoms with E-state index >= 15 is 0 Å². The molecule has 0 radical (unpaired) electrons. The van der Waals surface area contributed by atoms with Gasteiger partial charge >= 0.3 is 6.09 Å². The molecule has 0 aliphatic carbocycles. The minimum Gasteiger partial charge on any atom is -0.444 e. The lowest BCUT2D eigenvalue weighted by Gasteiger charge is -2.29. The molecule has 2 fully saturated rings. The molecule has 1 N–H and O–H groups in total. The number of rotatable bonds is 1. The Hall–Kier alpha value is -0.820. The van der Waals surface area contributed by atoms with Crippen molar-refractivity contribution in [3.63, 3.8) is 0 Å². The van der Waals surface area contributed by atoms with Crippen molar-refractivity contribution in [3.8, 4) is 0 Å². The lowest BCUT2D eigenvalue weighted by molar-refractivity contribution is 0.0284. The molecule has 2 heterocycles.